The van der Waals surface area contributed by atoms with Gasteiger partial charge in [-0.15, -0.1) is 47.3 Å². The van der Waals surface area contributed by atoms with E-state index in [1.807, 2.05) is 42.5 Å². The topological polar surface area (TPSA) is 30.7 Å². The molecule has 0 unspecified atom stereocenters. The molecule has 0 fully saturated rings. The van der Waals surface area contributed by atoms with Crippen molar-refractivity contribution in [3.05, 3.63) is 157 Å². The van der Waals surface area contributed by atoms with Gasteiger partial charge in [0.1, 0.15) is 0 Å². The summed E-state index contributed by atoms with van der Waals surface area (Å²) >= 11 is 1.68. The van der Waals surface area contributed by atoms with E-state index in [1.54, 1.807) is 17.5 Å². The number of rotatable bonds is 5. The molecule has 3 nitrogen and oxygen atoms in total. The van der Waals surface area contributed by atoms with Gasteiger partial charge in [0.2, 0.25) is 0 Å². The molecule has 0 saturated heterocycles. The third kappa shape index (κ3) is 6.97. The fourth-order valence-corrected chi connectivity index (χ4v) is 7.55. The zero-order valence-electron chi connectivity index (χ0n) is 26.4. The molecule has 0 N–H and O–H groups in total. The van der Waals surface area contributed by atoms with Crippen LogP contribution in [0, 0.1) is 11.4 Å². The van der Waals surface area contributed by atoms with Crippen LogP contribution in [0.15, 0.2) is 146 Å². The van der Waals surface area contributed by atoms with Gasteiger partial charge in [-0.3, -0.25) is 16.3 Å². The van der Waals surface area contributed by atoms with Crippen LogP contribution in [0.2, 0.25) is 19.6 Å². The van der Waals surface area contributed by atoms with Gasteiger partial charge in [0.05, 0.1) is 24.9 Å². The Bertz CT molecular complexity index is 2180. The summed E-state index contributed by atoms with van der Waals surface area (Å²) in [6, 6.07) is 51.4. The van der Waals surface area contributed by atoms with E-state index in [-0.39, 0.29) is 20.1 Å². The Morgan fingerprint density at radius 2 is 1.43 bits per heavy atom. The molecule has 0 aliphatic rings. The molecule has 0 saturated carbocycles. The average Bonchev–Trinajstić information content (AvgIpc) is 3.71. The Morgan fingerprint density at radius 1 is 0.702 bits per heavy atom. The second kappa shape index (κ2) is 14.1. The van der Waals surface area contributed by atoms with Crippen molar-refractivity contribution in [2.45, 2.75) is 19.6 Å². The first-order valence-corrected chi connectivity index (χ1v) is 19.7. The van der Waals surface area contributed by atoms with Crippen LogP contribution >= 0.6 is 11.3 Å². The molecule has 233 valence electrons. The number of imidazole rings is 1. The largest absolute Gasteiger partial charge is 0.333 e. The molecular formula is C41H33IrN3SSi-2. The molecule has 8 aromatic rings. The molecule has 8 rings (SSSR count). The monoisotopic (exact) mass is 820 g/mol. The van der Waals surface area contributed by atoms with Gasteiger partial charge in [-0.05, 0) is 47.2 Å². The molecule has 0 amide bonds. The number of thiophene rings is 1. The zero-order valence-corrected chi connectivity index (χ0v) is 30.7. The van der Waals surface area contributed by atoms with Gasteiger partial charge < -0.3 is 9.55 Å². The maximum atomic E-state index is 5.10. The van der Waals surface area contributed by atoms with Gasteiger partial charge in [0.15, 0.2) is 0 Å². The summed E-state index contributed by atoms with van der Waals surface area (Å²) < 4.78 is 3.54. The molecule has 0 spiro atoms. The molecule has 0 aliphatic heterocycles. The SMILES string of the molecule is C[Si](C)(C)c1ccc2s[c-]c(-c3nc4ccccc4n3-c3ccc(-c4ccccc4)cc3)c2c1.[Ir].[c-]1ccccc1-c1ccccn1. The van der Waals surface area contributed by atoms with Crippen molar-refractivity contribution >= 4 is 45.7 Å². The van der Waals surface area contributed by atoms with Crippen molar-refractivity contribution in [3.63, 3.8) is 0 Å². The Labute approximate surface area is 295 Å². The Morgan fingerprint density at radius 3 is 2.15 bits per heavy atom. The van der Waals surface area contributed by atoms with Crippen LogP contribution in [0.4, 0.5) is 0 Å². The number of fused-ring (bicyclic) bond motifs is 2. The fraction of sp³-hybridized carbons (Fsp3) is 0.0732. The Hall–Kier alpha value is -4.45. The van der Waals surface area contributed by atoms with Gasteiger partial charge in [-0.1, -0.05) is 119 Å². The molecule has 0 bridgehead atoms. The summed E-state index contributed by atoms with van der Waals surface area (Å²) in [6.07, 6.45) is 1.79. The van der Waals surface area contributed by atoms with Crippen LogP contribution in [-0.4, -0.2) is 22.6 Å². The van der Waals surface area contributed by atoms with E-state index in [9.17, 15) is 0 Å². The van der Waals surface area contributed by atoms with Crippen molar-refractivity contribution in [2.24, 2.45) is 0 Å². The number of pyridine rings is 1. The number of benzene rings is 5. The first kappa shape index (κ1) is 32.5. The average molecular weight is 820 g/mol. The maximum Gasteiger partial charge on any atom is 0.0774 e. The van der Waals surface area contributed by atoms with Gasteiger partial charge in [0, 0.05) is 32.0 Å². The van der Waals surface area contributed by atoms with Crippen LogP contribution in [0.5, 0.6) is 0 Å². The summed E-state index contributed by atoms with van der Waals surface area (Å²) in [5.41, 5.74) is 8.75. The Balaban J connectivity index is 0.000000250. The summed E-state index contributed by atoms with van der Waals surface area (Å²) in [5, 5.41) is 6.30. The molecular weight excluding hydrogens is 787 g/mol. The minimum Gasteiger partial charge on any atom is -0.333 e. The van der Waals surface area contributed by atoms with Crippen molar-refractivity contribution in [2.75, 3.05) is 0 Å². The van der Waals surface area contributed by atoms with Gasteiger partial charge in [-0.25, -0.2) is 0 Å². The maximum absolute atomic E-state index is 5.10. The molecule has 0 aliphatic carbocycles. The molecule has 3 aromatic heterocycles. The van der Waals surface area contributed by atoms with Crippen molar-refractivity contribution in [3.8, 4) is 39.5 Å². The first-order valence-electron chi connectivity index (χ1n) is 15.4. The number of para-hydroxylation sites is 2. The van der Waals surface area contributed by atoms with Crippen LogP contribution in [0.25, 0.3) is 60.6 Å². The van der Waals surface area contributed by atoms with Gasteiger partial charge in [0.25, 0.3) is 0 Å². The van der Waals surface area contributed by atoms with Crippen LogP contribution in [-0.2, 0) is 20.1 Å². The van der Waals surface area contributed by atoms with E-state index in [4.69, 9.17) is 4.98 Å². The van der Waals surface area contributed by atoms with Crippen molar-refractivity contribution in [1.29, 1.82) is 0 Å². The predicted octanol–water partition coefficient (Wildman–Crippen LogP) is 10.5. The van der Waals surface area contributed by atoms with E-state index < -0.39 is 8.07 Å². The molecule has 6 heteroatoms. The van der Waals surface area contributed by atoms with E-state index in [0.717, 1.165) is 39.4 Å². The minimum atomic E-state index is -1.43. The van der Waals surface area contributed by atoms with Crippen LogP contribution in [0.1, 0.15) is 0 Å². The molecule has 47 heavy (non-hydrogen) atoms. The summed E-state index contributed by atoms with van der Waals surface area (Å²) in [6.45, 7) is 7.19. The summed E-state index contributed by atoms with van der Waals surface area (Å²) in [7, 11) is -1.43. The molecule has 3 heterocycles. The minimum absolute atomic E-state index is 0. The number of nitrogens with zero attached hydrogens (tertiary/aromatic N) is 3. The number of hydrogen-bond acceptors (Lipinski definition) is 3. The normalized spacial score (nSPS) is 11.1. The molecule has 1 radical (unpaired) electrons. The van der Waals surface area contributed by atoms with E-state index >= 15 is 0 Å². The smallest absolute Gasteiger partial charge is 0.0774 e. The molecule has 5 aromatic carbocycles. The fourth-order valence-electron chi connectivity index (χ4n) is 5.57. The van der Waals surface area contributed by atoms with E-state index in [2.05, 4.69) is 138 Å². The van der Waals surface area contributed by atoms with Crippen LogP contribution < -0.4 is 5.19 Å². The van der Waals surface area contributed by atoms with Crippen molar-refractivity contribution in [1.82, 2.24) is 14.5 Å². The quantitative estimate of drug-likeness (QED) is 0.128. The number of hydrogen-bond donors (Lipinski definition) is 0. The number of aromatic nitrogens is 3. The van der Waals surface area contributed by atoms with Gasteiger partial charge >= 0.3 is 0 Å². The third-order valence-corrected chi connectivity index (χ3v) is 11.0. The third-order valence-electron chi connectivity index (χ3n) is 8.04. The van der Waals surface area contributed by atoms with Gasteiger partial charge in [-0.2, -0.15) is 0 Å². The van der Waals surface area contributed by atoms with E-state index in [1.165, 1.54) is 26.4 Å². The first-order chi connectivity index (χ1) is 22.5. The van der Waals surface area contributed by atoms with E-state index in [0.29, 0.717) is 0 Å². The Kier molecular flexibility index (Phi) is 9.76. The second-order valence-electron chi connectivity index (χ2n) is 12.2. The summed E-state index contributed by atoms with van der Waals surface area (Å²) in [4.78, 5) is 9.32. The van der Waals surface area contributed by atoms with Crippen molar-refractivity contribution < 1.29 is 20.1 Å². The summed E-state index contributed by atoms with van der Waals surface area (Å²) in [5.74, 6) is 0.952. The molecule has 0 atom stereocenters. The second-order valence-corrected chi connectivity index (χ2v) is 18.1. The predicted molar refractivity (Wildman–Crippen MR) is 198 cm³/mol. The standard InChI is InChI=1S/C30H25N2SSi.C11H8N.Ir/c1-34(2,3)24-17-18-29-25(19-24)26(20-33-29)30-31-27-11-7-8-12-28(27)32(30)23-15-13-22(14-16-23)21-9-5-4-6-10-21;1-2-6-10(7-3-1)11-8-4-5-9-12-11;/h4-19H,1-3H3;1-6,8-9H;/q2*-1;. The van der Waals surface area contributed by atoms with Crippen LogP contribution in [0.3, 0.4) is 0 Å². The zero-order chi connectivity index (χ0) is 31.5.